The van der Waals surface area contributed by atoms with Crippen molar-refractivity contribution in [1.82, 2.24) is 0 Å². The van der Waals surface area contributed by atoms with Gasteiger partial charge in [-0.3, -0.25) is 4.79 Å². The predicted octanol–water partition coefficient (Wildman–Crippen LogP) is 6.59. The maximum absolute atomic E-state index is 12.7. The number of nitriles is 1. The molecule has 0 aliphatic rings. The van der Waals surface area contributed by atoms with Crippen LogP contribution >= 0.6 is 38.5 Å². The molecule has 1 amide bonds. The lowest BCUT2D eigenvalue weighted by atomic mass is 10.1. The summed E-state index contributed by atoms with van der Waals surface area (Å²) in [7, 11) is 1.54. The normalized spacial score (nSPS) is 10.9. The van der Waals surface area contributed by atoms with Gasteiger partial charge in [-0.15, -0.1) is 0 Å². The molecule has 174 valence electrons. The number of hydrogen-bond donors (Lipinski definition) is 1. The van der Waals surface area contributed by atoms with E-state index in [0.717, 1.165) is 9.13 Å². The fraction of sp³-hybridized carbons (Fsp3) is 0.154. The Morgan fingerprint density at radius 3 is 2.59 bits per heavy atom. The van der Waals surface area contributed by atoms with Crippen molar-refractivity contribution in [2.24, 2.45) is 0 Å². The number of carbonyl (C=O) groups is 1. The fourth-order valence-electron chi connectivity index (χ4n) is 3.04. The quantitative estimate of drug-likeness (QED) is 0.164. The van der Waals surface area contributed by atoms with E-state index in [9.17, 15) is 10.1 Å². The van der Waals surface area contributed by atoms with E-state index in [-0.39, 0.29) is 5.57 Å². The van der Waals surface area contributed by atoms with Gasteiger partial charge < -0.3 is 19.5 Å². The standard InChI is InChI=1S/C26H22BrIN2O4/c1-3-33-22-6-4-5-21(14-22)30-26(31)19(15-29)11-18-12-23(27)25(24(13-18)32-2)34-16-17-7-9-20(28)10-8-17/h4-14H,3,16H2,1-2H3,(H,30,31)/b19-11-. The molecule has 0 aliphatic heterocycles. The summed E-state index contributed by atoms with van der Waals surface area (Å²) in [6.07, 6.45) is 1.50. The third-order valence-corrected chi connectivity index (χ3v) is 5.94. The first-order valence-electron chi connectivity index (χ1n) is 10.3. The van der Waals surface area contributed by atoms with Gasteiger partial charge in [0.2, 0.25) is 0 Å². The molecule has 0 saturated heterocycles. The number of ether oxygens (including phenoxy) is 3. The Hall–Kier alpha value is -3.03. The van der Waals surface area contributed by atoms with E-state index < -0.39 is 5.91 Å². The van der Waals surface area contributed by atoms with E-state index in [4.69, 9.17) is 14.2 Å². The molecule has 8 heteroatoms. The van der Waals surface area contributed by atoms with Gasteiger partial charge in [0, 0.05) is 15.3 Å². The minimum Gasteiger partial charge on any atom is -0.494 e. The van der Waals surface area contributed by atoms with Crippen LogP contribution in [0.4, 0.5) is 5.69 Å². The predicted molar refractivity (Wildman–Crippen MR) is 144 cm³/mol. The number of anilines is 1. The summed E-state index contributed by atoms with van der Waals surface area (Å²) in [4.78, 5) is 12.7. The summed E-state index contributed by atoms with van der Waals surface area (Å²) in [6, 6.07) is 20.5. The second-order valence-corrected chi connectivity index (χ2v) is 9.13. The lowest BCUT2D eigenvalue weighted by molar-refractivity contribution is -0.112. The van der Waals surface area contributed by atoms with Crippen LogP contribution in [0.2, 0.25) is 0 Å². The minimum atomic E-state index is -0.523. The number of carbonyl (C=O) groups excluding carboxylic acids is 1. The molecule has 3 rings (SSSR count). The number of hydrogen-bond acceptors (Lipinski definition) is 5. The van der Waals surface area contributed by atoms with Gasteiger partial charge in [0.15, 0.2) is 11.5 Å². The molecule has 0 aromatic heterocycles. The fourth-order valence-corrected chi connectivity index (χ4v) is 3.98. The van der Waals surface area contributed by atoms with Gasteiger partial charge in [0.05, 0.1) is 18.2 Å². The maximum atomic E-state index is 12.7. The molecule has 0 saturated carbocycles. The van der Waals surface area contributed by atoms with Crippen LogP contribution in [-0.2, 0) is 11.4 Å². The molecule has 0 radical (unpaired) electrons. The lowest BCUT2D eigenvalue weighted by Gasteiger charge is -2.14. The topological polar surface area (TPSA) is 80.6 Å². The summed E-state index contributed by atoms with van der Waals surface area (Å²) in [5.74, 6) is 1.13. The lowest BCUT2D eigenvalue weighted by Crippen LogP contribution is -2.13. The number of amides is 1. The second kappa shape index (κ2) is 12.4. The van der Waals surface area contributed by atoms with Crippen LogP contribution in [0.1, 0.15) is 18.1 Å². The molecule has 0 atom stereocenters. The molecule has 0 bridgehead atoms. The molecular weight excluding hydrogens is 611 g/mol. The monoisotopic (exact) mass is 632 g/mol. The van der Waals surface area contributed by atoms with Gasteiger partial charge in [0.1, 0.15) is 24.0 Å². The highest BCUT2D eigenvalue weighted by atomic mass is 127. The van der Waals surface area contributed by atoms with Crippen molar-refractivity contribution >= 4 is 56.2 Å². The van der Waals surface area contributed by atoms with E-state index in [0.29, 0.717) is 46.2 Å². The van der Waals surface area contributed by atoms with Crippen LogP contribution in [0.5, 0.6) is 17.2 Å². The number of nitrogens with one attached hydrogen (secondary N) is 1. The summed E-state index contributed by atoms with van der Waals surface area (Å²) in [5, 5.41) is 12.3. The summed E-state index contributed by atoms with van der Waals surface area (Å²) < 4.78 is 18.7. The van der Waals surface area contributed by atoms with Gasteiger partial charge in [-0.1, -0.05) is 18.2 Å². The molecule has 0 spiro atoms. The van der Waals surface area contributed by atoms with E-state index >= 15 is 0 Å². The van der Waals surface area contributed by atoms with Crippen molar-refractivity contribution in [3.8, 4) is 23.3 Å². The summed E-state index contributed by atoms with van der Waals surface area (Å²) in [5.41, 5.74) is 2.12. The van der Waals surface area contributed by atoms with Crippen LogP contribution in [0.15, 0.2) is 70.7 Å². The smallest absolute Gasteiger partial charge is 0.266 e. The highest BCUT2D eigenvalue weighted by Gasteiger charge is 2.14. The molecule has 34 heavy (non-hydrogen) atoms. The Bertz CT molecular complexity index is 1240. The second-order valence-electron chi connectivity index (χ2n) is 7.03. The van der Waals surface area contributed by atoms with Gasteiger partial charge in [-0.2, -0.15) is 5.26 Å². The molecule has 0 aliphatic carbocycles. The Morgan fingerprint density at radius 1 is 1.15 bits per heavy atom. The first-order chi connectivity index (χ1) is 16.4. The van der Waals surface area contributed by atoms with Crippen molar-refractivity contribution in [3.63, 3.8) is 0 Å². The zero-order chi connectivity index (χ0) is 24.5. The number of methoxy groups -OCH3 is 1. The Kier molecular flexibility index (Phi) is 9.36. The SMILES string of the molecule is CCOc1cccc(NC(=O)/C(C#N)=C\c2cc(Br)c(OCc3ccc(I)cc3)c(OC)c2)c1. The van der Waals surface area contributed by atoms with Crippen molar-refractivity contribution in [2.45, 2.75) is 13.5 Å². The largest absolute Gasteiger partial charge is 0.494 e. The molecule has 0 fully saturated rings. The van der Waals surface area contributed by atoms with Crippen LogP contribution in [-0.4, -0.2) is 19.6 Å². The van der Waals surface area contributed by atoms with E-state index in [1.807, 2.05) is 37.3 Å². The van der Waals surface area contributed by atoms with Crippen molar-refractivity contribution in [1.29, 1.82) is 5.26 Å². The van der Waals surface area contributed by atoms with Gasteiger partial charge in [-0.25, -0.2) is 0 Å². The third kappa shape index (κ3) is 6.98. The molecule has 0 unspecified atom stereocenters. The zero-order valence-corrected chi connectivity index (χ0v) is 22.3. The first kappa shape index (κ1) is 25.6. The van der Waals surface area contributed by atoms with Crippen LogP contribution in [0.3, 0.4) is 0 Å². The van der Waals surface area contributed by atoms with Crippen molar-refractivity contribution in [3.05, 3.63) is 85.4 Å². The van der Waals surface area contributed by atoms with Crippen LogP contribution in [0.25, 0.3) is 6.08 Å². The minimum absolute atomic E-state index is 0.0525. The van der Waals surface area contributed by atoms with Crippen molar-refractivity contribution < 1.29 is 19.0 Å². The third-order valence-electron chi connectivity index (χ3n) is 4.63. The molecule has 3 aromatic rings. The average molecular weight is 633 g/mol. The zero-order valence-electron chi connectivity index (χ0n) is 18.6. The van der Waals surface area contributed by atoms with E-state index in [1.54, 1.807) is 36.4 Å². The first-order valence-corrected chi connectivity index (χ1v) is 12.2. The Morgan fingerprint density at radius 2 is 1.91 bits per heavy atom. The van der Waals surface area contributed by atoms with Gasteiger partial charge in [0.25, 0.3) is 5.91 Å². The number of nitrogens with zero attached hydrogens (tertiary/aromatic N) is 1. The average Bonchev–Trinajstić information content (AvgIpc) is 2.83. The van der Waals surface area contributed by atoms with E-state index in [1.165, 1.54) is 13.2 Å². The molecule has 0 heterocycles. The molecule has 3 aromatic carbocycles. The highest BCUT2D eigenvalue weighted by Crippen LogP contribution is 2.38. The van der Waals surface area contributed by atoms with Crippen LogP contribution < -0.4 is 19.5 Å². The summed E-state index contributed by atoms with van der Waals surface area (Å²) >= 11 is 5.77. The molecule has 1 N–H and O–H groups in total. The Labute approximate surface area is 220 Å². The summed E-state index contributed by atoms with van der Waals surface area (Å²) in [6.45, 7) is 2.77. The van der Waals surface area contributed by atoms with E-state index in [2.05, 4.69) is 43.8 Å². The maximum Gasteiger partial charge on any atom is 0.266 e. The highest BCUT2D eigenvalue weighted by molar-refractivity contribution is 14.1. The van der Waals surface area contributed by atoms with Crippen molar-refractivity contribution in [2.75, 3.05) is 19.0 Å². The molecule has 6 nitrogen and oxygen atoms in total. The number of rotatable bonds is 9. The number of benzene rings is 3. The molecular formula is C26H22BrIN2O4. The van der Waals surface area contributed by atoms with Gasteiger partial charge in [-0.05, 0) is 99.0 Å². The van der Waals surface area contributed by atoms with Gasteiger partial charge >= 0.3 is 0 Å². The number of halogens is 2. The van der Waals surface area contributed by atoms with Crippen LogP contribution in [0, 0.1) is 14.9 Å². The Balaban J connectivity index is 1.79.